The van der Waals surface area contributed by atoms with Crippen molar-refractivity contribution in [3.63, 3.8) is 0 Å². The molecule has 2 aromatic carbocycles. The van der Waals surface area contributed by atoms with Gasteiger partial charge >= 0.3 is 0 Å². The zero-order chi connectivity index (χ0) is 17.1. The first-order chi connectivity index (χ1) is 12.3. The van der Waals surface area contributed by atoms with Crippen LogP contribution in [0, 0.1) is 6.08 Å². The van der Waals surface area contributed by atoms with Crippen LogP contribution in [0.2, 0.25) is 0 Å². The highest BCUT2D eigenvalue weighted by Crippen LogP contribution is 2.28. The van der Waals surface area contributed by atoms with Gasteiger partial charge in [-0.2, -0.15) is 0 Å². The number of benzene rings is 2. The normalized spacial score (nSPS) is 12.6. The quantitative estimate of drug-likeness (QED) is 0.525. The highest BCUT2D eigenvalue weighted by Gasteiger charge is 2.14. The lowest BCUT2D eigenvalue weighted by atomic mass is 10.1. The van der Waals surface area contributed by atoms with E-state index in [2.05, 4.69) is 46.3 Å². The molecular formula is C22H14BrN2+. The van der Waals surface area contributed by atoms with Crippen LogP contribution >= 0.6 is 15.9 Å². The zero-order valence-electron chi connectivity index (χ0n) is 13.4. The fourth-order valence-electron chi connectivity index (χ4n) is 2.66. The Balaban J connectivity index is 1.90. The van der Waals surface area contributed by atoms with E-state index in [4.69, 9.17) is 9.97 Å². The molecule has 0 spiro atoms. The minimum absolute atomic E-state index is 0.713. The third-order valence-corrected chi connectivity index (χ3v) is 4.39. The summed E-state index contributed by atoms with van der Waals surface area (Å²) in [5, 5.41) is 0. The topological polar surface area (TPSA) is 25.8 Å². The molecule has 0 bridgehead atoms. The lowest BCUT2D eigenvalue weighted by Crippen LogP contribution is -1.99. The average molecular weight is 386 g/mol. The fraction of sp³-hybridized carbons (Fsp3) is 0. The lowest BCUT2D eigenvalue weighted by molar-refractivity contribution is 1.13. The SMILES string of the molecule is Brc1cccc(-c2cc(-c3ccccc3)nc(C3=CC=[C+]C=C3)n2)c1. The van der Waals surface area contributed by atoms with Crippen LogP contribution in [0.4, 0.5) is 0 Å². The molecule has 0 saturated carbocycles. The maximum absolute atomic E-state index is 4.79. The van der Waals surface area contributed by atoms with Gasteiger partial charge in [0.05, 0.1) is 23.5 Å². The van der Waals surface area contributed by atoms with E-state index in [0.29, 0.717) is 5.82 Å². The summed E-state index contributed by atoms with van der Waals surface area (Å²) in [6.45, 7) is 0. The minimum Gasteiger partial charge on any atom is -0.226 e. The molecule has 1 heterocycles. The summed E-state index contributed by atoms with van der Waals surface area (Å²) < 4.78 is 1.03. The Labute approximate surface area is 155 Å². The van der Waals surface area contributed by atoms with Gasteiger partial charge in [0.15, 0.2) is 5.82 Å². The summed E-state index contributed by atoms with van der Waals surface area (Å²) in [6, 6.07) is 20.4. The van der Waals surface area contributed by atoms with Gasteiger partial charge < -0.3 is 0 Å². The molecule has 0 amide bonds. The van der Waals surface area contributed by atoms with Crippen LogP contribution in [0.5, 0.6) is 0 Å². The highest BCUT2D eigenvalue weighted by atomic mass is 79.9. The number of hydrogen-bond acceptors (Lipinski definition) is 2. The average Bonchev–Trinajstić information content (AvgIpc) is 2.69. The van der Waals surface area contributed by atoms with E-state index in [9.17, 15) is 0 Å². The Morgan fingerprint density at radius 2 is 1.56 bits per heavy atom. The van der Waals surface area contributed by atoms with Gasteiger partial charge in [0.25, 0.3) is 0 Å². The molecule has 0 radical (unpaired) electrons. The Kier molecular flexibility index (Phi) is 4.34. The first-order valence-corrected chi connectivity index (χ1v) is 8.76. The van der Waals surface area contributed by atoms with Crippen LogP contribution in [-0.4, -0.2) is 9.97 Å². The maximum Gasteiger partial charge on any atom is 0.187 e. The highest BCUT2D eigenvalue weighted by molar-refractivity contribution is 9.10. The number of halogens is 1. The summed E-state index contributed by atoms with van der Waals surface area (Å²) in [4.78, 5) is 9.58. The van der Waals surface area contributed by atoms with Crippen molar-refractivity contribution in [2.24, 2.45) is 0 Å². The Hall–Kier alpha value is -2.87. The smallest absolute Gasteiger partial charge is 0.187 e. The molecule has 1 aliphatic carbocycles. The lowest BCUT2D eigenvalue weighted by Gasteiger charge is -2.08. The molecule has 118 valence electrons. The van der Waals surface area contributed by atoms with Gasteiger partial charge in [0, 0.05) is 21.7 Å². The Bertz CT molecular complexity index is 1000. The van der Waals surface area contributed by atoms with Crippen LogP contribution in [0.1, 0.15) is 5.82 Å². The standard InChI is InChI=1S/C22H14BrN2/c23-19-13-7-12-18(14-19)21-15-20(16-8-3-1-4-9-16)24-22(25-21)17-10-5-2-6-11-17/h1,3-15H/q+1. The molecule has 0 N–H and O–H groups in total. The summed E-state index contributed by atoms with van der Waals surface area (Å²) >= 11 is 3.54. The summed E-state index contributed by atoms with van der Waals surface area (Å²) in [5.41, 5.74) is 4.92. The predicted octanol–water partition coefficient (Wildman–Crippen LogP) is 5.89. The number of allylic oxidation sites excluding steroid dienone is 6. The zero-order valence-corrected chi connectivity index (χ0v) is 14.9. The van der Waals surface area contributed by atoms with Gasteiger partial charge in [-0.25, -0.2) is 9.97 Å². The molecule has 0 atom stereocenters. The summed E-state index contributed by atoms with van der Waals surface area (Å²) in [5.74, 6) is 0.713. The van der Waals surface area contributed by atoms with E-state index in [0.717, 1.165) is 32.6 Å². The van der Waals surface area contributed by atoms with E-state index >= 15 is 0 Å². The van der Waals surface area contributed by atoms with Gasteiger partial charge in [-0.3, -0.25) is 0 Å². The van der Waals surface area contributed by atoms with Crippen LogP contribution in [-0.2, 0) is 0 Å². The largest absolute Gasteiger partial charge is 0.226 e. The van der Waals surface area contributed by atoms with E-state index in [1.54, 1.807) is 0 Å². The monoisotopic (exact) mass is 385 g/mol. The first-order valence-electron chi connectivity index (χ1n) is 7.96. The first kappa shape index (κ1) is 15.6. The van der Waals surface area contributed by atoms with Gasteiger partial charge in [-0.1, -0.05) is 58.4 Å². The van der Waals surface area contributed by atoms with Crippen molar-refractivity contribution in [2.75, 3.05) is 0 Å². The molecule has 3 aromatic rings. The summed E-state index contributed by atoms with van der Waals surface area (Å²) in [6.07, 6.45) is 10.8. The van der Waals surface area contributed by atoms with Crippen LogP contribution < -0.4 is 0 Å². The van der Waals surface area contributed by atoms with Gasteiger partial charge in [0.2, 0.25) is 0 Å². The maximum atomic E-state index is 4.79. The van der Waals surface area contributed by atoms with Crippen LogP contribution in [0.3, 0.4) is 0 Å². The molecule has 2 nitrogen and oxygen atoms in total. The van der Waals surface area contributed by atoms with Crippen molar-refractivity contribution in [3.8, 4) is 22.5 Å². The van der Waals surface area contributed by atoms with Crippen LogP contribution in [0.25, 0.3) is 28.1 Å². The second kappa shape index (κ2) is 6.94. The van der Waals surface area contributed by atoms with Gasteiger partial charge in [0.1, 0.15) is 17.7 Å². The number of aromatic nitrogens is 2. The number of hydrogen-bond donors (Lipinski definition) is 0. The van der Waals surface area contributed by atoms with E-state index < -0.39 is 0 Å². The Morgan fingerprint density at radius 3 is 2.28 bits per heavy atom. The second-order valence-electron chi connectivity index (χ2n) is 5.63. The van der Waals surface area contributed by atoms with Crippen molar-refractivity contribution in [1.29, 1.82) is 0 Å². The second-order valence-corrected chi connectivity index (χ2v) is 6.54. The van der Waals surface area contributed by atoms with E-state index in [1.807, 2.05) is 60.7 Å². The van der Waals surface area contributed by atoms with Gasteiger partial charge in [-0.05, 0) is 18.2 Å². The molecule has 25 heavy (non-hydrogen) atoms. The molecular weight excluding hydrogens is 372 g/mol. The molecule has 0 saturated heterocycles. The molecule has 1 aromatic heterocycles. The third kappa shape index (κ3) is 3.48. The summed E-state index contributed by atoms with van der Waals surface area (Å²) in [7, 11) is 0. The predicted molar refractivity (Wildman–Crippen MR) is 106 cm³/mol. The molecule has 1 aliphatic rings. The molecule has 0 unspecified atom stereocenters. The molecule has 3 heteroatoms. The van der Waals surface area contributed by atoms with Crippen molar-refractivity contribution in [3.05, 3.63) is 101 Å². The number of rotatable bonds is 3. The van der Waals surface area contributed by atoms with Gasteiger partial charge in [-0.15, -0.1) is 0 Å². The molecule has 4 rings (SSSR count). The van der Waals surface area contributed by atoms with Crippen molar-refractivity contribution < 1.29 is 0 Å². The van der Waals surface area contributed by atoms with E-state index in [1.165, 1.54) is 0 Å². The molecule has 0 aliphatic heterocycles. The number of nitrogens with zero attached hydrogens (tertiary/aromatic N) is 2. The van der Waals surface area contributed by atoms with Crippen molar-refractivity contribution in [1.82, 2.24) is 9.97 Å². The third-order valence-electron chi connectivity index (χ3n) is 3.89. The van der Waals surface area contributed by atoms with E-state index in [-0.39, 0.29) is 0 Å². The fourth-order valence-corrected chi connectivity index (χ4v) is 3.06. The Morgan fingerprint density at radius 1 is 0.800 bits per heavy atom. The minimum atomic E-state index is 0.713. The van der Waals surface area contributed by atoms with Crippen LogP contribution in [0.15, 0.2) is 89.4 Å². The molecule has 0 fully saturated rings. The van der Waals surface area contributed by atoms with Crippen molar-refractivity contribution >= 4 is 21.5 Å². The van der Waals surface area contributed by atoms with Crippen molar-refractivity contribution in [2.45, 2.75) is 0 Å².